The first-order chi connectivity index (χ1) is 19.9. The number of hydrogen-bond donors (Lipinski definition) is 1. The Hall–Kier alpha value is -3.54. The number of nitrogens with one attached hydrogen (secondary N) is 1. The highest BCUT2D eigenvalue weighted by atomic mass is 16.7. The highest BCUT2D eigenvalue weighted by Gasteiger charge is 2.24. The molecule has 0 saturated carbocycles. The number of esters is 1. The summed E-state index contributed by atoms with van der Waals surface area (Å²) in [6.07, 6.45) is -2.40. The Morgan fingerprint density at radius 2 is 1.37 bits per heavy atom. The number of benzene rings is 1. The van der Waals surface area contributed by atoms with E-state index in [0.717, 1.165) is 6.42 Å². The largest absolute Gasteiger partial charge is 0.513 e. The molecule has 0 aliphatic rings. The van der Waals surface area contributed by atoms with Crippen molar-refractivity contribution in [2.24, 2.45) is 16.7 Å². The van der Waals surface area contributed by atoms with Crippen LogP contribution >= 0.6 is 0 Å². The zero-order valence-electron chi connectivity index (χ0n) is 27.2. The lowest BCUT2D eigenvalue weighted by Gasteiger charge is -2.21. The maximum absolute atomic E-state index is 12.6. The molecule has 1 aromatic rings. The lowest BCUT2D eigenvalue weighted by Crippen LogP contribution is -2.43. The number of methoxy groups -OCH3 is 1. The molecule has 0 radical (unpaired) electrons. The molecule has 244 valence electrons. The van der Waals surface area contributed by atoms with Crippen molar-refractivity contribution in [1.29, 1.82) is 0 Å². The summed E-state index contributed by atoms with van der Waals surface area (Å²) in [5, 5.41) is 3.03. The summed E-state index contributed by atoms with van der Waals surface area (Å²) in [6.45, 7) is 17.6. The van der Waals surface area contributed by atoms with Gasteiger partial charge in [0.05, 0.1) is 26.9 Å². The molecular formula is C31H49NO11. The van der Waals surface area contributed by atoms with Crippen LogP contribution in [0.3, 0.4) is 0 Å². The zero-order chi connectivity index (χ0) is 32.8. The van der Waals surface area contributed by atoms with Crippen LogP contribution in [-0.2, 0) is 34.9 Å². The number of carbonyl (C=O) groups excluding carboxylic acids is 4. The maximum Gasteiger partial charge on any atom is 0.513 e. The third kappa shape index (κ3) is 16.6. The van der Waals surface area contributed by atoms with Gasteiger partial charge in [0.2, 0.25) is 0 Å². The zero-order valence-corrected chi connectivity index (χ0v) is 27.2. The van der Waals surface area contributed by atoms with Gasteiger partial charge < -0.3 is 38.5 Å². The Morgan fingerprint density at radius 3 is 1.88 bits per heavy atom. The topological polar surface area (TPSA) is 145 Å². The second kappa shape index (κ2) is 17.5. The quantitative estimate of drug-likeness (QED) is 0.148. The van der Waals surface area contributed by atoms with Crippen molar-refractivity contribution in [2.45, 2.75) is 87.3 Å². The first kappa shape index (κ1) is 37.5. The van der Waals surface area contributed by atoms with Gasteiger partial charge in [0, 0.05) is 6.54 Å². The second-order valence-corrected chi connectivity index (χ2v) is 12.9. The van der Waals surface area contributed by atoms with Crippen molar-refractivity contribution in [1.82, 2.24) is 5.32 Å². The van der Waals surface area contributed by atoms with E-state index in [9.17, 15) is 19.2 Å². The monoisotopic (exact) mass is 611 g/mol. The predicted molar refractivity (Wildman–Crippen MR) is 158 cm³/mol. The first-order valence-corrected chi connectivity index (χ1v) is 14.4. The van der Waals surface area contributed by atoms with Crippen LogP contribution in [0.4, 0.5) is 14.4 Å². The van der Waals surface area contributed by atoms with Crippen molar-refractivity contribution < 1.29 is 52.3 Å². The van der Waals surface area contributed by atoms with Gasteiger partial charge in [-0.2, -0.15) is 0 Å². The van der Waals surface area contributed by atoms with Crippen LogP contribution in [0.1, 0.15) is 74.3 Å². The molecule has 1 aromatic carbocycles. The molecule has 1 N–H and O–H groups in total. The molecule has 12 heteroatoms. The van der Waals surface area contributed by atoms with Crippen molar-refractivity contribution >= 4 is 24.4 Å². The van der Waals surface area contributed by atoms with E-state index in [1.165, 1.54) is 19.2 Å². The SMILES string of the molecule is CCC(C)COC(=O)OC(C)CN[C@@H](Cc1ccc(OC(=O)OCC(C)(C)C)c(OC(=O)OCC(C)(C)C)c1)C(=O)OC. The van der Waals surface area contributed by atoms with Crippen LogP contribution in [0.15, 0.2) is 18.2 Å². The Morgan fingerprint density at radius 1 is 0.814 bits per heavy atom. The van der Waals surface area contributed by atoms with Crippen molar-refractivity contribution in [3.05, 3.63) is 23.8 Å². The van der Waals surface area contributed by atoms with E-state index in [2.05, 4.69) is 5.32 Å². The minimum absolute atomic E-state index is 0.0733. The molecule has 0 heterocycles. The van der Waals surface area contributed by atoms with Gasteiger partial charge in [0.25, 0.3) is 0 Å². The summed E-state index contributed by atoms with van der Waals surface area (Å²) >= 11 is 0. The van der Waals surface area contributed by atoms with Gasteiger partial charge in [-0.15, -0.1) is 0 Å². The minimum atomic E-state index is -0.992. The summed E-state index contributed by atoms with van der Waals surface area (Å²) in [7, 11) is 1.25. The van der Waals surface area contributed by atoms with E-state index in [1.54, 1.807) is 13.0 Å². The van der Waals surface area contributed by atoms with E-state index in [1.807, 2.05) is 55.4 Å². The van der Waals surface area contributed by atoms with Gasteiger partial charge in [0.15, 0.2) is 11.5 Å². The maximum atomic E-state index is 12.6. The highest BCUT2D eigenvalue weighted by molar-refractivity contribution is 5.76. The molecule has 43 heavy (non-hydrogen) atoms. The van der Waals surface area contributed by atoms with Gasteiger partial charge in [-0.1, -0.05) is 67.9 Å². The highest BCUT2D eigenvalue weighted by Crippen LogP contribution is 2.30. The lowest BCUT2D eigenvalue weighted by molar-refractivity contribution is -0.143. The van der Waals surface area contributed by atoms with Crippen LogP contribution in [0.25, 0.3) is 0 Å². The smallest absolute Gasteiger partial charge is 0.468 e. The minimum Gasteiger partial charge on any atom is -0.468 e. The molecule has 0 aliphatic carbocycles. The molecule has 0 bridgehead atoms. The molecule has 2 unspecified atom stereocenters. The molecule has 12 nitrogen and oxygen atoms in total. The Balaban J connectivity index is 3.04. The molecule has 0 amide bonds. The fraction of sp³-hybridized carbons (Fsp3) is 0.677. The predicted octanol–water partition coefficient (Wildman–Crippen LogP) is 6.07. The molecule has 0 fully saturated rings. The Labute approximate surface area is 255 Å². The number of hydrogen-bond acceptors (Lipinski definition) is 12. The van der Waals surface area contributed by atoms with Gasteiger partial charge in [-0.05, 0) is 47.8 Å². The van der Waals surface area contributed by atoms with Crippen LogP contribution in [0.5, 0.6) is 11.5 Å². The number of carbonyl (C=O) groups is 4. The summed E-state index contributed by atoms with van der Waals surface area (Å²) in [6, 6.07) is 3.63. The van der Waals surface area contributed by atoms with E-state index >= 15 is 0 Å². The first-order valence-electron chi connectivity index (χ1n) is 14.4. The summed E-state index contributed by atoms with van der Waals surface area (Å²) in [5.41, 5.74) is -0.0498. The normalized spacial score (nSPS) is 13.6. The average molecular weight is 612 g/mol. The van der Waals surface area contributed by atoms with Crippen molar-refractivity contribution in [2.75, 3.05) is 33.5 Å². The van der Waals surface area contributed by atoms with E-state index in [4.69, 9.17) is 33.2 Å². The molecule has 0 spiro atoms. The second-order valence-electron chi connectivity index (χ2n) is 12.9. The van der Waals surface area contributed by atoms with Crippen LogP contribution in [-0.4, -0.2) is 70.1 Å². The van der Waals surface area contributed by atoms with Gasteiger partial charge in [-0.3, -0.25) is 4.79 Å². The number of ether oxygens (including phenoxy) is 7. The Bertz CT molecular complexity index is 1060. The van der Waals surface area contributed by atoms with Gasteiger partial charge in [0.1, 0.15) is 12.1 Å². The molecule has 3 atom stereocenters. The average Bonchev–Trinajstić information content (AvgIpc) is 2.91. The van der Waals surface area contributed by atoms with Crippen molar-refractivity contribution in [3.63, 3.8) is 0 Å². The van der Waals surface area contributed by atoms with E-state index in [0.29, 0.717) is 5.56 Å². The number of rotatable bonds is 14. The van der Waals surface area contributed by atoms with Crippen LogP contribution in [0.2, 0.25) is 0 Å². The van der Waals surface area contributed by atoms with Crippen LogP contribution < -0.4 is 14.8 Å². The van der Waals surface area contributed by atoms with E-state index in [-0.39, 0.29) is 61.0 Å². The van der Waals surface area contributed by atoms with Crippen molar-refractivity contribution in [3.8, 4) is 11.5 Å². The Kier molecular flexibility index (Phi) is 15.3. The lowest BCUT2D eigenvalue weighted by atomic mass is 9.99. The van der Waals surface area contributed by atoms with E-state index < -0.39 is 36.6 Å². The summed E-state index contributed by atoms with van der Waals surface area (Å²) in [4.78, 5) is 49.3. The molecule has 0 saturated heterocycles. The standard InChI is InChI=1S/C31H49NO11/c1-11-20(2)17-38-27(34)41-21(3)16-32-23(26(33)37-10)14-22-12-13-24(42-28(35)39-18-30(4,5)6)25(15-22)43-29(36)40-19-31(7,8)9/h12-13,15,20-21,23,32H,11,14,16-19H2,1-10H3/t20?,21?,23-/m0/s1. The molecule has 0 aliphatic heterocycles. The third-order valence-electron chi connectivity index (χ3n) is 5.70. The third-order valence-corrected chi connectivity index (χ3v) is 5.70. The van der Waals surface area contributed by atoms with Gasteiger partial charge >= 0.3 is 24.4 Å². The molecule has 1 rings (SSSR count). The molecular weight excluding hydrogens is 562 g/mol. The summed E-state index contributed by atoms with van der Waals surface area (Å²) in [5.74, 6) is -0.529. The van der Waals surface area contributed by atoms with Crippen LogP contribution in [0, 0.1) is 16.7 Å². The molecule has 0 aromatic heterocycles. The fourth-order valence-electron chi connectivity index (χ4n) is 3.13. The summed E-state index contributed by atoms with van der Waals surface area (Å²) < 4.78 is 36.4. The fourth-order valence-corrected chi connectivity index (χ4v) is 3.13. The van der Waals surface area contributed by atoms with Gasteiger partial charge in [-0.25, -0.2) is 14.4 Å².